The first kappa shape index (κ1) is 34.8. The Labute approximate surface area is 327 Å². The molecule has 0 N–H and O–H groups in total. The van der Waals surface area contributed by atoms with Crippen LogP contribution >= 0.6 is 0 Å². The van der Waals surface area contributed by atoms with Crippen molar-refractivity contribution in [1.82, 2.24) is 9.80 Å². The van der Waals surface area contributed by atoms with Crippen molar-refractivity contribution in [2.24, 2.45) is 9.98 Å². The SMILES string of the molecule is COc1ccc2c(c1)C(=O)N1C=C(c3ccc4c(c3)OCO4)C(OCCCOC3C(c4ccc5c(c4)OCO5)=CN4C(=O)c5cc(OC)ccc5N=C[C@@H]34)[C@@H]1C=N2. The molecule has 14 nitrogen and oxygen atoms in total. The lowest BCUT2D eigenvalue weighted by Crippen LogP contribution is -2.41. The summed E-state index contributed by atoms with van der Waals surface area (Å²) in [6, 6.07) is 20.9. The molecule has 6 aliphatic heterocycles. The number of aliphatic imine (C=N–C) groups is 2. The number of carbonyl (C=O) groups is 2. The van der Waals surface area contributed by atoms with Crippen molar-refractivity contribution in [1.29, 1.82) is 0 Å². The summed E-state index contributed by atoms with van der Waals surface area (Å²) in [7, 11) is 3.13. The molecule has 0 bridgehead atoms. The summed E-state index contributed by atoms with van der Waals surface area (Å²) < 4.78 is 46.6. The highest BCUT2D eigenvalue weighted by molar-refractivity contribution is 6.06. The van der Waals surface area contributed by atoms with E-state index in [4.69, 9.17) is 47.9 Å². The summed E-state index contributed by atoms with van der Waals surface area (Å²) in [6.07, 6.45) is 6.58. The number of carbonyl (C=O) groups excluding carboxylic acids is 2. The van der Waals surface area contributed by atoms with Crippen LogP contribution in [-0.2, 0) is 9.47 Å². The van der Waals surface area contributed by atoms with Gasteiger partial charge in [0.25, 0.3) is 11.8 Å². The molecule has 6 heterocycles. The Morgan fingerprint density at radius 1 is 0.596 bits per heavy atom. The highest BCUT2D eigenvalue weighted by atomic mass is 16.7. The first-order valence-electron chi connectivity index (χ1n) is 18.5. The molecular weight excluding hydrogens is 732 g/mol. The number of rotatable bonds is 10. The summed E-state index contributed by atoms with van der Waals surface area (Å²) in [5, 5.41) is 0. The molecule has 14 heteroatoms. The molecule has 0 aliphatic carbocycles. The van der Waals surface area contributed by atoms with Crippen LogP contribution in [0.15, 0.2) is 95.2 Å². The minimum Gasteiger partial charge on any atom is -0.497 e. The monoisotopic (exact) mass is 768 g/mol. The molecule has 0 spiro atoms. The Balaban J connectivity index is 0.895. The maximum atomic E-state index is 14.1. The van der Waals surface area contributed by atoms with E-state index in [-0.39, 0.29) is 25.4 Å². The Morgan fingerprint density at radius 3 is 1.51 bits per heavy atom. The molecule has 0 radical (unpaired) electrons. The Bertz CT molecular complexity index is 2280. The summed E-state index contributed by atoms with van der Waals surface area (Å²) in [5.74, 6) is 3.26. The summed E-state index contributed by atoms with van der Waals surface area (Å²) in [4.78, 5) is 40.9. The van der Waals surface area contributed by atoms with E-state index in [9.17, 15) is 9.59 Å². The number of nitrogens with zero attached hydrogens (tertiary/aromatic N) is 4. The van der Waals surface area contributed by atoms with Gasteiger partial charge in [-0.05, 0) is 78.2 Å². The molecule has 0 aromatic heterocycles. The third-order valence-electron chi connectivity index (χ3n) is 10.8. The maximum Gasteiger partial charge on any atom is 0.260 e. The molecule has 0 fully saturated rings. The first-order valence-corrected chi connectivity index (χ1v) is 18.5. The third-order valence-corrected chi connectivity index (χ3v) is 10.8. The first-order chi connectivity index (χ1) is 28.0. The quantitative estimate of drug-likeness (QED) is 0.172. The predicted molar refractivity (Wildman–Crippen MR) is 207 cm³/mol. The van der Waals surface area contributed by atoms with Gasteiger partial charge in [0, 0.05) is 49.2 Å². The van der Waals surface area contributed by atoms with Crippen LogP contribution in [0.5, 0.6) is 34.5 Å². The molecule has 2 amide bonds. The van der Waals surface area contributed by atoms with Gasteiger partial charge in [0.05, 0.1) is 36.7 Å². The van der Waals surface area contributed by atoms with Crippen molar-refractivity contribution in [3.63, 3.8) is 0 Å². The lowest BCUT2D eigenvalue weighted by Gasteiger charge is -2.26. The van der Waals surface area contributed by atoms with Crippen molar-refractivity contribution in [3.8, 4) is 34.5 Å². The van der Waals surface area contributed by atoms with E-state index < -0.39 is 24.3 Å². The van der Waals surface area contributed by atoms with Gasteiger partial charge in [0.15, 0.2) is 23.0 Å². The molecule has 4 aromatic carbocycles. The van der Waals surface area contributed by atoms with Crippen molar-refractivity contribution in [3.05, 3.63) is 107 Å². The van der Waals surface area contributed by atoms with Gasteiger partial charge >= 0.3 is 0 Å². The topological polar surface area (TPSA) is 139 Å². The second-order valence-electron chi connectivity index (χ2n) is 14.0. The van der Waals surface area contributed by atoms with Gasteiger partial charge in [-0.25, -0.2) is 0 Å². The van der Waals surface area contributed by atoms with Crippen molar-refractivity contribution < 1.29 is 47.5 Å². The van der Waals surface area contributed by atoms with Crippen LogP contribution < -0.4 is 28.4 Å². The maximum absolute atomic E-state index is 14.1. The van der Waals surface area contributed by atoms with Crippen molar-refractivity contribution in [2.45, 2.75) is 30.7 Å². The second-order valence-corrected chi connectivity index (χ2v) is 14.0. The van der Waals surface area contributed by atoms with E-state index >= 15 is 0 Å². The Hall–Kier alpha value is -6.64. The zero-order valence-corrected chi connectivity index (χ0v) is 31.0. The lowest BCUT2D eigenvalue weighted by molar-refractivity contribution is 0.0260. The molecule has 288 valence electrons. The summed E-state index contributed by atoms with van der Waals surface area (Å²) in [5.41, 5.74) is 5.25. The van der Waals surface area contributed by atoms with E-state index in [0.29, 0.717) is 76.6 Å². The van der Waals surface area contributed by atoms with Crippen molar-refractivity contribution in [2.75, 3.05) is 41.0 Å². The fraction of sp³-hybridized carbons (Fsp3) is 0.256. The Kier molecular flexibility index (Phi) is 8.64. The largest absolute Gasteiger partial charge is 0.497 e. The molecule has 6 aliphatic rings. The summed E-state index contributed by atoms with van der Waals surface area (Å²) >= 11 is 0. The molecule has 10 rings (SSSR count). The molecule has 57 heavy (non-hydrogen) atoms. The normalized spacial score (nSPS) is 22.0. The van der Waals surface area contributed by atoms with Crippen LogP contribution in [0, 0.1) is 0 Å². The van der Waals surface area contributed by atoms with E-state index in [0.717, 1.165) is 22.3 Å². The molecule has 0 saturated heterocycles. The van der Waals surface area contributed by atoms with E-state index in [1.54, 1.807) is 72.8 Å². The average molecular weight is 769 g/mol. The van der Waals surface area contributed by atoms with Gasteiger partial charge in [0.2, 0.25) is 13.6 Å². The highest BCUT2D eigenvalue weighted by Crippen LogP contribution is 2.43. The van der Waals surface area contributed by atoms with Gasteiger partial charge < -0.3 is 47.7 Å². The molecule has 4 atom stereocenters. The number of ether oxygens (including phenoxy) is 8. The van der Waals surface area contributed by atoms with Crippen LogP contribution in [-0.4, -0.2) is 99.4 Å². The smallest absolute Gasteiger partial charge is 0.260 e. The third kappa shape index (κ3) is 6.04. The van der Waals surface area contributed by atoms with E-state index in [1.165, 1.54) is 0 Å². The minimum absolute atomic E-state index is 0.142. The summed E-state index contributed by atoms with van der Waals surface area (Å²) in [6.45, 7) is 0.872. The molecule has 2 unspecified atom stereocenters. The fourth-order valence-corrected chi connectivity index (χ4v) is 7.90. The zero-order chi connectivity index (χ0) is 38.6. The van der Waals surface area contributed by atoms with E-state index in [1.807, 2.05) is 48.8 Å². The van der Waals surface area contributed by atoms with Crippen LogP contribution in [0.2, 0.25) is 0 Å². The van der Waals surface area contributed by atoms with Gasteiger partial charge in [0.1, 0.15) is 35.8 Å². The molecule has 0 saturated carbocycles. The average Bonchev–Trinajstić information content (AvgIpc) is 4.03. The zero-order valence-electron chi connectivity index (χ0n) is 31.0. The number of amides is 2. The van der Waals surface area contributed by atoms with Crippen LogP contribution in [0.1, 0.15) is 38.3 Å². The van der Waals surface area contributed by atoms with Gasteiger partial charge in [-0.2, -0.15) is 0 Å². The minimum atomic E-state index is -0.553. The highest BCUT2D eigenvalue weighted by Gasteiger charge is 2.43. The van der Waals surface area contributed by atoms with Gasteiger partial charge in [-0.15, -0.1) is 0 Å². The van der Waals surface area contributed by atoms with Gasteiger partial charge in [-0.3, -0.25) is 19.6 Å². The molecule has 4 aromatic rings. The second kappa shape index (κ2) is 14.1. The number of methoxy groups -OCH3 is 2. The predicted octanol–water partition coefficient (Wildman–Crippen LogP) is 6.18. The lowest BCUT2D eigenvalue weighted by atomic mass is 9.99. The van der Waals surface area contributed by atoms with Crippen molar-refractivity contribution >= 4 is 46.8 Å². The number of hydrogen-bond acceptors (Lipinski definition) is 12. The van der Waals surface area contributed by atoms with Crippen LogP contribution in [0.25, 0.3) is 11.1 Å². The standard InChI is InChI=1S/C43H36N4O10/c1-50-26-6-8-32-28(16-26)42(48)46-20-30(24-4-10-36-38(14-24)56-22-54-36)40(34(46)18-44-32)52-12-3-13-53-41-31(25-5-11-37-39(15-25)57-23-55-37)21-47-35(41)19-45-33-9-7-27(51-2)17-29(33)43(47)49/h4-11,14-21,34-35,40-41H,3,12-13,22-23H2,1-2H3/t34-,35-,40?,41?/m0/s1. The van der Waals surface area contributed by atoms with Gasteiger partial charge in [-0.1, -0.05) is 12.1 Å². The molecular formula is C43H36N4O10. The van der Waals surface area contributed by atoms with Crippen LogP contribution in [0.4, 0.5) is 11.4 Å². The number of benzene rings is 4. The number of fused-ring (bicyclic) bond motifs is 6. The fourth-order valence-electron chi connectivity index (χ4n) is 7.90. The van der Waals surface area contributed by atoms with E-state index in [2.05, 4.69) is 0 Å². The van der Waals surface area contributed by atoms with Crippen LogP contribution in [0.3, 0.4) is 0 Å². The number of hydrogen-bond donors (Lipinski definition) is 0. The Morgan fingerprint density at radius 2 is 1.05 bits per heavy atom.